The van der Waals surface area contributed by atoms with Crippen molar-refractivity contribution in [2.45, 2.75) is 12.6 Å². The number of nitrogens with one attached hydrogen (secondary N) is 1. The molecule has 13 heavy (non-hydrogen) atoms. The first-order valence-corrected chi connectivity index (χ1v) is 3.82. The molecule has 0 aromatic carbocycles. The van der Waals surface area contributed by atoms with Crippen LogP contribution in [0.3, 0.4) is 0 Å². The highest BCUT2D eigenvalue weighted by Crippen LogP contribution is 2.18. The van der Waals surface area contributed by atoms with Crippen LogP contribution in [0.4, 0.5) is 0 Å². The molecular formula is C7H9N3O3. The Morgan fingerprint density at radius 3 is 3.31 bits per heavy atom. The molecule has 6 nitrogen and oxygen atoms in total. The molecule has 1 amide bonds. The molecule has 2 rings (SSSR count). The third-order valence-corrected chi connectivity index (χ3v) is 1.92. The predicted molar refractivity (Wildman–Crippen MR) is 43.5 cm³/mol. The average Bonchev–Trinajstić information content (AvgIpc) is 2.47. The fourth-order valence-corrected chi connectivity index (χ4v) is 1.32. The molecule has 0 aromatic heterocycles. The molecule has 6 heteroatoms. The minimum Gasteiger partial charge on any atom is -0.495 e. The molecule has 1 unspecified atom stereocenters. The van der Waals surface area contributed by atoms with Crippen LogP contribution in [0.25, 0.3) is 0 Å². The summed E-state index contributed by atoms with van der Waals surface area (Å²) in [7, 11) is 1.50. The van der Waals surface area contributed by atoms with Gasteiger partial charge < -0.3 is 15.2 Å². The smallest absolute Gasteiger partial charge is 0.274 e. The molecule has 0 fully saturated rings. The molecule has 0 bridgehead atoms. The first-order valence-electron chi connectivity index (χ1n) is 3.82. The number of rotatable bonds is 0. The van der Waals surface area contributed by atoms with Crippen molar-refractivity contribution >= 4 is 11.8 Å². The third-order valence-electron chi connectivity index (χ3n) is 1.92. The molecule has 70 valence electrons. The molecule has 2 aliphatic heterocycles. The van der Waals surface area contributed by atoms with E-state index in [1.807, 2.05) is 0 Å². The monoisotopic (exact) mass is 183 g/mol. The molecule has 2 aliphatic rings. The van der Waals surface area contributed by atoms with E-state index in [0.717, 1.165) is 6.08 Å². The number of amides is 1. The highest BCUT2D eigenvalue weighted by atomic mass is 16.5. The Balaban J connectivity index is 2.21. The summed E-state index contributed by atoms with van der Waals surface area (Å²) in [5.41, 5.74) is 0. The Bertz CT molecular complexity index is 310. The number of methoxy groups -OCH3 is 1. The molecule has 0 radical (unpaired) electrons. The number of hydrogen-bond donors (Lipinski definition) is 2. The van der Waals surface area contributed by atoms with E-state index in [-0.39, 0.29) is 18.0 Å². The van der Waals surface area contributed by atoms with E-state index in [0.29, 0.717) is 12.3 Å². The number of aliphatic hydroxyl groups is 1. The second-order valence-electron chi connectivity index (χ2n) is 2.77. The van der Waals surface area contributed by atoms with Gasteiger partial charge in [0.2, 0.25) is 5.90 Å². The summed E-state index contributed by atoms with van der Waals surface area (Å²) in [6.07, 6.45) is 1.24. The molecule has 2 N–H and O–H groups in total. The zero-order valence-corrected chi connectivity index (χ0v) is 7.02. The number of fused-ring (bicyclic) bond motifs is 1. The van der Waals surface area contributed by atoms with Gasteiger partial charge in [-0.2, -0.15) is 0 Å². The molecule has 0 aromatic rings. The summed E-state index contributed by atoms with van der Waals surface area (Å²) in [6, 6.07) is 0. The van der Waals surface area contributed by atoms with Gasteiger partial charge in [-0.05, 0) is 0 Å². The number of nitrogens with zero attached hydrogens (tertiary/aromatic N) is 2. The summed E-state index contributed by atoms with van der Waals surface area (Å²) >= 11 is 0. The molecule has 0 saturated heterocycles. The normalized spacial score (nSPS) is 26.1. The Hall–Kier alpha value is -1.72. The van der Waals surface area contributed by atoms with Crippen molar-refractivity contribution in [3.8, 4) is 0 Å². The molecule has 0 saturated carbocycles. The quantitative estimate of drug-likeness (QED) is 0.531. The van der Waals surface area contributed by atoms with Crippen LogP contribution in [0.2, 0.25) is 0 Å². The lowest BCUT2D eigenvalue weighted by Gasteiger charge is -2.25. The second kappa shape index (κ2) is 2.65. The first kappa shape index (κ1) is 7.90. The van der Waals surface area contributed by atoms with Crippen molar-refractivity contribution in [2.75, 3.05) is 7.11 Å². The largest absolute Gasteiger partial charge is 0.495 e. The van der Waals surface area contributed by atoms with Crippen molar-refractivity contribution in [1.82, 2.24) is 10.3 Å². The van der Waals surface area contributed by atoms with Gasteiger partial charge in [-0.25, -0.2) is 5.01 Å². The van der Waals surface area contributed by atoms with E-state index in [2.05, 4.69) is 10.4 Å². The zero-order valence-electron chi connectivity index (χ0n) is 7.02. The summed E-state index contributed by atoms with van der Waals surface area (Å²) in [5.74, 6) is 0.0149. The Morgan fingerprint density at radius 2 is 2.62 bits per heavy atom. The lowest BCUT2D eigenvalue weighted by molar-refractivity contribution is -0.129. The topological polar surface area (TPSA) is 74.2 Å². The van der Waals surface area contributed by atoms with E-state index < -0.39 is 0 Å². The third kappa shape index (κ3) is 1.20. The molecular weight excluding hydrogens is 174 g/mol. The van der Waals surface area contributed by atoms with E-state index in [1.54, 1.807) is 0 Å². The van der Waals surface area contributed by atoms with Gasteiger partial charge in [-0.15, -0.1) is 5.10 Å². The number of ether oxygens (including phenoxy) is 1. The first-order chi connectivity index (χ1) is 6.20. The van der Waals surface area contributed by atoms with Crippen LogP contribution in [0, 0.1) is 0 Å². The maximum Gasteiger partial charge on any atom is 0.274 e. The molecule has 0 aliphatic carbocycles. The van der Waals surface area contributed by atoms with Crippen LogP contribution < -0.4 is 5.32 Å². The van der Waals surface area contributed by atoms with Crippen molar-refractivity contribution in [3.05, 3.63) is 12.0 Å². The molecule has 1 atom stereocenters. The van der Waals surface area contributed by atoms with Crippen LogP contribution in [0.1, 0.15) is 6.42 Å². The van der Waals surface area contributed by atoms with Crippen molar-refractivity contribution in [2.24, 2.45) is 5.10 Å². The van der Waals surface area contributed by atoms with Gasteiger partial charge in [-0.3, -0.25) is 4.79 Å². The van der Waals surface area contributed by atoms with Gasteiger partial charge in [0.25, 0.3) is 5.91 Å². The Kier molecular flexibility index (Phi) is 1.61. The van der Waals surface area contributed by atoms with Gasteiger partial charge in [0.05, 0.1) is 19.6 Å². The van der Waals surface area contributed by atoms with E-state index >= 15 is 0 Å². The van der Waals surface area contributed by atoms with Crippen LogP contribution >= 0.6 is 0 Å². The van der Waals surface area contributed by atoms with Crippen LogP contribution in [-0.2, 0) is 9.53 Å². The van der Waals surface area contributed by atoms with Gasteiger partial charge >= 0.3 is 0 Å². The Morgan fingerprint density at radius 1 is 1.85 bits per heavy atom. The molecule has 2 heterocycles. The number of hydrogen-bond acceptors (Lipinski definition) is 5. The number of hydrazone groups is 1. The molecule has 0 spiro atoms. The van der Waals surface area contributed by atoms with Crippen molar-refractivity contribution in [3.63, 3.8) is 0 Å². The highest BCUT2D eigenvalue weighted by molar-refractivity contribution is 5.92. The average molecular weight is 183 g/mol. The van der Waals surface area contributed by atoms with Crippen LogP contribution in [-0.4, -0.2) is 35.2 Å². The zero-order chi connectivity index (χ0) is 9.42. The highest BCUT2D eigenvalue weighted by Gasteiger charge is 2.34. The van der Waals surface area contributed by atoms with E-state index in [1.165, 1.54) is 12.1 Å². The van der Waals surface area contributed by atoms with Gasteiger partial charge in [0, 0.05) is 0 Å². The van der Waals surface area contributed by atoms with Gasteiger partial charge in [0.1, 0.15) is 6.17 Å². The maximum atomic E-state index is 11.2. The SMILES string of the molecule is COC1=NN2C(=O)C=C(O)NC2C1. The lowest BCUT2D eigenvalue weighted by Crippen LogP contribution is -2.46. The van der Waals surface area contributed by atoms with Crippen molar-refractivity contribution < 1.29 is 14.6 Å². The number of aliphatic hydroxyl groups excluding tert-OH is 1. The summed E-state index contributed by atoms with van der Waals surface area (Å²) in [4.78, 5) is 11.2. The lowest BCUT2D eigenvalue weighted by atomic mass is 10.3. The fraction of sp³-hybridized carbons (Fsp3) is 0.429. The predicted octanol–water partition coefficient (Wildman–Crippen LogP) is -0.493. The number of carbonyl (C=O) groups excluding carboxylic acids is 1. The number of carbonyl (C=O) groups is 1. The van der Waals surface area contributed by atoms with Crippen LogP contribution in [0.5, 0.6) is 0 Å². The van der Waals surface area contributed by atoms with Crippen LogP contribution in [0.15, 0.2) is 17.1 Å². The van der Waals surface area contributed by atoms with E-state index in [9.17, 15) is 4.79 Å². The summed E-state index contributed by atoms with van der Waals surface area (Å²) < 4.78 is 4.90. The minimum atomic E-state index is -0.340. The summed E-state index contributed by atoms with van der Waals surface area (Å²) in [5, 5.41) is 16.9. The fourth-order valence-electron chi connectivity index (χ4n) is 1.32. The minimum absolute atomic E-state index is 0.126. The maximum absolute atomic E-state index is 11.2. The van der Waals surface area contributed by atoms with E-state index in [4.69, 9.17) is 9.84 Å². The second-order valence-corrected chi connectivity index (χ2v) is 2.77. The standard InChI is InChI=1S/C7H9N3O3/c1-13-6-2-4-8-5(11)3-7(12)10(4)9-6/h3-4,8,11H,2H2,1H3. The van der Waals surface area contributed by atoms with Gasteiger partial charge in [0.15, 0.2) is 5.88 Å². The van der Waals surface area contributed by atoms with Crippen molar-refractivity contribution in [1.29, 1.82) is 0 Å². The summed E-state index contributed by atoms with van der Waals surface area (Å²) in [6.45, 7) is 0. The Labute approximate surface area is 74.5 Å². The van der Waals surface area contributed by atoms with Gasteiger partial charge in [-0.1, -0.05) is 0 Å².